The molecule has 100 valence electrons. The van der Waals surface area contributed by atoms with Crippen molar-refractivity contribution in [2.75, 3.05) is 26.0 Å². The van der Waals surface area contributed by atoms with Crippen LogP contribution in [0.3, 0.4) is 0 Å². The van der Waals surface area contributed by atoms with Gasteiger partial charge in [0.15, 0.2) is 0 Å². The molecule has 18 heavy (non-hydrogen) atoms. The molecule has 1 heterocycles. The molecule has 1 N–H and O–H groups in total. The van der Waals surface area contributed by atoms with E-state index in [1.807, 2.05) is 0 Å². The Morgan fingerprint density at radius 3 is 2.56 bits per heavy atom. The molecular formula is C13H19Cl2N3. The van der Waals surface area contributed by atoms with E-state index in [2.05, 4.69) is 29.3 Å². The molecule has 5 heteroatoms. The van der Waals surface area contributed by atoms with Crippen molar-refractivity contribution in [3.8, 4) is 0 Å². The first-order valence-electron chi connectivity index (χ1n) is 6.26. The van der Waals surface area contributed by atoms with Gasteiger partial charge in [-0.2, -0.15) is 0 Å². The summed E-state index contributed by atoms with van der Waals surface area (Å²) in [6.07, 6.45) is 6.65. The van der Waals surface area contributed by atoms with Crippen LogP contribution in [0.5, 0.6) is 0 Å². The lowest BCUT2D eigenvalue weighted by Crippen LogP contribution is -2.47. The second-order valence-corrected chi connectivity index (χ2v) is 6.01. The van der Waals surface area contributed by atoms with Crippen LogP contribution in [0.4, 0.5) is 5.82 Å². The van der Waals surface area contributed by atoms with Crippen molar-refractivity contribution in [3.63, 3.8) is 0 Å². The van der Waals surface area contributed by atoms with Gasteiger partial charge in [-0.15, -0.1) is 0 Å². The number of likely N-dealkylation sites (N-methyl/N-ethyl adjacent to an activating group) is 1. The molecule has 1 aromatic rings. The third-order valence-corrected chi connectivity index (χ3v) is 4.37. The predicted octanol–water partition coefficient (Wildman–Crippen LogP) is 3.67. The maximum absolute atomic E-state index is 6.12. The SMILES string of the molecule is CN(C)C1(CNc2ncc(Cl)cc2Cl)CCCC1. The Balaban J connectivity index is 2.06. The van der Waals surface area contributed by atoms with Crippen molar-refractivity contribution >= 4 is 29.0 Å². The summed E-state index contributed by atoms with van der Waals surface area (Å²) in [5, 5.41) is 4.50. The zero-order chi connectivity index (χ0) is 13.2. The number of pyridine rings is 1. The van der Waals surface area contributed by atoms with Gasteiger partial charge in [0, 0.05) is 18.3 Å². The molecule has 1 aromatic heterocycles. The molecule has 1 aliphatic rings. The van der Waals surface area contributed by atoms with Crippen molar-refractivity contribution in [3.05, 3.63) is 22.3 Å². The zero-order valence-electron chi connectivity index (χ0n) is 10.8. The molecule has 3 nitrogen and oxygen atoms in total. The van der Waals surface area contributed by atoms with E-state index in [1.165, 1.54) is 25.7 Å². The first-order chi connectivity index (χ1) is 8.53. The fourth-order valence-corrected chi connectivity index (χ4v) is 3.06. The monoisotopic (exact) mass is 287 g/mol. The molecule has 2 rings (SSSR count). The van der Waals surface area contributed by atoms with Gasteiger partial charge in [0.05, 0.1) is 10.0 Å². The molecule has 0 saturated heterocycles. The third-order valence-electron chi connectivity index (χ3n) is 3.88. The van der Waals surface area contributed by atoms with Gasteiger partial charge in [0.25, 0.3) is 0 Å². The Labute approximate surface area is 118 Å². The quantitative estimate of drug-likeness (QED) is 0.916. The fraction of sp³-hybridized carbons (Fsp3) is 0.615. The van der Waals surface area contributed by atoms with Gasteiger partial charge in [0.2, 0.25) is 0 Å². The Kier molecular flexibility index (Phi) is 4.36. The first-order valence-corrected chi connectivity index (χ1v) is 7.01. The van der Waals surface area contributed by atoms with Crippen LogP contribution in [-0.2, 0) is 0 Å². The molecule has 0 amide bonds. The van der Waals surface area contributed by atoms with E-state index in [-0.39, 0.29) is 5.54 Å². The topological polar surface area (TPSA) is 28.2 Å². The Morgan fingerprint density at radius 2 is 2.00 bits per heavy atom. The fourth-order valence-electron chi connectivity index (χ4n) is 2.61. The predicted molar refractivity (Wildman–Crippen MR) is 77.6 cm³/mol. The van der Waals surface area contributed by atoms with Crippen molar-refractivity contribution in [2.45, 2.75) is 31.2 Å². The number of nitrogens with zero attached hydrogens (tertiary/aromatic N) is 2. The molecule has 0 aromatic carbocycles. The molecule has 0 bridgehead atoms. The van der Waals surface area contributed by atoms with E-state index < -0.39 is 0 Å². The van der Waals surface area contributed by atoms with Gasteiger partial charge in [-0.1, -0.05) is 36.0 Å². The van der Waals surface area contributed by atoms with Gasteiger partial charge in [-0.3, -0.25) is 0 Å². The van der Waals surface area contributed by atoms with E-state index in [0.29, 0.717) is 15.9 Å². The van der Waals surface area contributed by atoms with Crippen LogP contribution in [0.2, 0.25) is 10.0 Å². The molecule has 1 aliphatic carbocycles. The maximum Gasteiger partial charge on any atom is 0.144 e. The summed E-state index contributed by atoms with van der Waals surface area (Å²) in [5.74, 6) is 0.717. The van der Waals surface area contributed by atoms with E-state index in [4.69, 9.17) is 23.2 Å². The largest absolute Gasteiger partial charge is 0.367 e. The summed E-state index contributed by atoms with van der Waals surface area (Å²) in [6, 6.07) is 1.72. The van der Waals surface area contributed by atoms with Crippen LogP contribution in [0.1, 0.15) is 25.7 Å². The zero-order valence-corrected chi connectivity index (χ0v) is 12.4. The van der Waals surface area contributed by atoms with Crippen LogP contribution < -0.4 is 5.32 Å². The second kappa shape index (κ2) is 5.64. The van der Waals surface area contributed by atoms with Gasteiger partial charge in [-0.25, -0.2) is 4.98 Å². The second-order valence-electron chi connectivity index (χ2n) is 5.16. The van der Waals surface area contributed by atoms with Crippen LogP contribution in [-0.4, -0.2) is 36.1 Å². The summed E-state index contributed by atoms with van der Waals surface area (Å²) >= 11 is 12.0. The average Bonchev–Trinajstić information content (AvgIpc) is 2.78. The van der Waals surface area contributed by atoms with Gasteiger partial charge in [0.1, 0.15) is 5.82 Å². The Morgan fingerprint density at radius 1 is 1.33 bits per heavy atom. The number of halogens is 2. The Bertz CT molecular complexity index is 415. The van der Waals surface area contributed by atoms with Crippen LogP contribution in [0.15, 0.2) is 12.3 Å². The van der Waals surface area contributed by atoms with E-state index >= 15 is 0 Å². The lowest BCUT2D eigenvalue weighted by molar-refractivity contribution is 0.172. The minimum atomic E-state index is 0.227. The third kappa shape index (κ3) is 2.90. The highest BCUT2D eigenvalue weighted by Crippen LogP contribution is 2.34. The van der Waals surface area contributed by atoms with Gasteiger partial charge < -0.3 is 10.2 Å². The van der Waals surface area contributed by atoms with E-state index in [9.17, 15) is 0 Å². The minimum absolute atomic E-state index is 0.227. The number of rotatable bonds is 4. The van der Waals surface area contributed by atoms with Crippen molar-refractivity contribution in [1.82, 2.24) is 9.88 Å². The number of aromatic nitrogens is 1. The minimum Gasteiger partial charge on any atom is -0.367 e. The van der Waals surface area contributed by atoms with E-state index in [0.717, 1.165) is 6.54 Å². The van der Waals surface area contributed by atoms with Crippen LogP contribution in [0, 0.1) is 0 Å². The Hall–Kier alpha value is -0.510. The normalized spacial score (nSPS) is 18.3. The summed E-state index contributed by atoms with van der Waals surface area (Å²) in [6.45, 7) is 0.869. The molecule has 0 spiro atoms. The number of nitrogens with one attached hydrogen (secondary N) is 1. The standard InChI is InChI=1S/C13H19Cl2N3/c1-18(2)13(5-3-4-6-13)9-17-12-11(15)7-10(14)8-16-12/h7-8H,3-6,9H2,1-2H3,(H,16,17). The molecule has 0 radical (unpaired) electrons. The molecule has 1 fully saturated rings. The highest BCUT2D eigenvalue weighted by molar-refractivity contribution is 6.35. The molecule has 1 saturated carbocycles. The molecule has 0 unspecified atom stereocenters. The van der Waals surface area contributed by atoms with Gasteiger partial charge >= 0.3 is 0 Å². The lowest BCUT2D eigenvalue weighted by atomic mass is 9.96. The molecule has 0 aliphatic heterocycles. The number of anilines is 1. The maximum atomic E-state index is 6.12. The summed E-state index contributed by atoms with van der Waals surface area (Å²) < 4.78 is 0. The van der Waals surface area contributed by atoms with Crippen LogP contribution >= 0.6 is 23.2 Å². The van der Waals surface area contributed by atoms with Gasteiger partial charge in [-0.05, 0) is 33.0 Å². The van der Waals surface area contributed by atoms with Crippen LogP contribution in [0.25, 0.3) is 0 Å². The summed E-state index contributed by atoms with van der Waals surface area (Å²) in [7, 11) is 4.29. The molecule has 0 atom stereocenters. The number of hydrogen-bond donors (Lipinski definition) is 1. The van der Waals surface area contributed by atoms with Crippen molar-refractivity contribution in [2.24, 2.45) is 0 Å². The highest BCUT2D eigenvalue weighted by atomic mass is 35.5. The summed E-state index contributed by atoms with van der Waals surface area (Å²) in [5.41, 5.74) is 0.227. The highest BCUT2D eigenvalue weighted by Gasteiger charge is 2.35. The number of hydrogen-bond acceptors (Lipinski definition) is 3. The smallest absolute Gasteiger partial charge is 0.144 e. The first kappa shape index (κ1) is 13.9. The lowest BCUT2D eigenvalue weighted by Gasteiger charge is -2.36. The molecular weight excluding hydrogens is 269 g/mol. The van der Waals surface area contributed by atoms with Crippen molar-refractivity contribution in [1.29, 1.82) is 0 Å². The van der Waals surface area contributed by atoms with Crippen molar-refractivity contribution < 1.29 is 0 Å². The van der Waals surface area contributed by atoms with E-state index in [1.54, 1.807) is 12.3 Å². The average molecular weight is 288 g/mol. The summed E-state index contributed by atoms with van der Waals surface area (Å²) in [4.78, 5) is 6.55.